The third-order valence-electron chi connectivity index (χ3n) is 9.25. The Hall–Kier alpha value is -1.26. The Kier molecular flexibility index (Phi) is 0.979. The largest absolute Gasteiger partial charge is 0.347 e. The number of aromatic nitrogens is 3. The lowest BCUT2D eigenvalue weighted by atomic mass is 9.65. The number of fused-ring (bicyclic) bond motifs is 1. The summed E-state index contributed by atoms with van der Waals surface area (Å²) in [4.78, 5) is 25.3. The molecule has 2 spiro atoms. The minimum atomic E-state index is -0.0486. The summed E-state index contributed by atoms with van der Waals surface area (Å²) in [5.74, 6) is 5.15. The topological polar surface area (TPSA) is 48.9 Å². The van der Waals surface area contributed by atoms with Crippen molar-refractivity contribution in [2.75, 3.05) is 0 Å². The van der Waals surface area contributed by atoms with E-state index in [9.17, 15) is 9.59 Å². The second-order valence-electron chi connectivity index (χ2n) is 9.16. The van der Waals surface area contributed by atoms with Crippen molar-refractivity contribution in [3.63, 3.8) is 0 Å². The summed E-state index contributed by atoms with van der Waals surface area (Å²) < 4.78 is 5.22. The van der Waals surface area contributed by atoms with Gasteiger partial charge < -0.3 is 0 Å². The smallest absolute Gasteiger partial charge is 0.246 e. The van der Waals surface area contributed by atoms with Gasteiger partial charge in [-0.15, -0.1) is 0 Å². The zero-order valence-corrected chi connectivity index (χ0v) is 11.9. The molecule has 5 heteroatoms. The number of nitrogens with zero attached hydrogens (tertiary/aromatic N) is 3. The summed E-state index contributed by atoms with van der Waals surface area (Å²) >= 11 is 0. The molecule has 6 aliphatic carbocycles. The summed E-state index contributed by atoms with van der Waals surface area (Å²) in [6, 6.07) is 0.760. The molecule has 21 heavy (non-hydrogen) atoms. The quantitative estimate of drug-likeness (QED) is 0.690. The first-order valence-corrected chi connectivity index (χ1v) is 8.54. The maximum atomic E-state index is 12.6. The molecular formula is C16H17N3O2. The number of hydrogen-bond donors (Lipinski definition) is 0. The molecule has 0 saturated heterocycles. The Morgan fingerprint density at radius 3 is 1.95 bits per heavy atom. The molecule has 10 atom stereocenters. The Bertz CT molecular complexity index is 853. The van der Waals surface area contributed by atoms with Gasteiger partial charge in [-0.2, -0.15) is 0 Å². The van der Waals surface area contributed by atoms with Crippen LogP contribution in [0.2, 0.25) is 0 Å². The van der Waals surface area contributed by atoms with Crippen LogP contribution in [0.15, 0.2) is 9.59 Å². The molecule has 2 unspecified atom stereocenters. The molecule has 0 amide bonds. The van der Waals surface area contributed by atoms with Gasteiger partial charge in [-0.3, -0.25) is 0 Å². The van der Waals surface area contributed by atoms with Crippen molar-refractivity contribution in [1.29, 1.82) is 0 Å². The molecule has 3 heterocycles. The minimum Gasteiger partial charge on any atom is -0.246 e. The van der Waals surface area contributed by atoms with Crippen LogP contribution in [0.5, 0.6) is 0 Å². The van der Waals surface area contributed by atoms with Gasteiger partial charge in [-0.1, -0.05) is 0 Å². The van der Waals surface area contributed by atoms with E-state index in [1.54, 1.807) is 7.05 Å². The van der Waals surface area contributed by atoms with Gasteiger partial charge in [0, 0.05) is 17.9 Å². The average molecular weight is 283 g/mol. The first-order chi connectivity index (χ1) is 10.1. The van der Waals surface area contributed by atoms with E-state index in [0.717, 1.165) is 35.5 Å². The van der Waals surface area contributed by atoms with Crippen molar-refractivity contribution in [1.82, 2.24) is 13.9 Å². The second-order valence-corrected chi connectivity index (χ2v) is 9.16. The zero-order valence-electron chi connectivity index (χ0n) is 11.9. The fourth-order valence-electron chi connectivity index (χ4n) is 9.04. The van der Waals surface area contributed by atoms with Crippen molar-refractivity contribution in [2.45, 2.75) is 31.3 Å². The molecule has 8 aliphatic rings. The summed E-state index contributed by atoms with van der Waals surface area (Å²) in [7, 11) is 1.66. The summed E-state index contributed by atoms with van der Waals surface area (Å²) in [5.41, 5.74) is 0.786. The summed E-state index contributed by atoms with van der Waals surface area (Å²) in [6.07, 6.45) is 4.18. The van der Waals surface area contributed by atoms with Crippen molar-refractivity contribution >= 4 is 0 Å². The van der Waals surface area contributed by atoms with E-state index in [1.165, 1.54) is 23.8 Å². The van der Waals surface area contributed by atoms with E-state index in [2.05, 4.69) is 0 Å². The van der Waals surface area contributed by atoms with Gasteiger partial charge in [-0.05, 0) is 54.8 Å². The van der Waals surface area contributed by atoms with E-state index >= 15 is 0 Å². The molecule has 6 fully saturated rings. The monoisotopic (exact) mass is 283 g/mol. The van der Waals surface area contributed by atoms with E-state index < -0.39 is 0 Å². The summed E-state index contributed by atoms with van der Waals surface area (Å²) in [6.45, 7) is 0. The molecule has 2 aliphatic heterocycles. The Labute approximate surface area is 120 Å². The fourth-order valence-corrected chi connectivity index (χ4v) is 9.04. The van der Waals surface area contributed by atoms with Crippen LogP contribution in [0.1, 0.15) is 31.3 Å². The first kappa shape index (κ1) is 9.70. The third-order valence-corrected chi connectivity index (χ3v) is 9.25. The summed E-state index contributed by atoms with van der Waals surface area (Å²) in [5, 5.41) is 0. The van der Waals surface area contributed by atoms with E-state index in [1.807, 2.05) is 9.36 Å². The SMILES string of the molecule is Cn1c(=O)n2n(c1=O)[C@@H]1[C@H]3C4C5[C@@]6(C[C@@H]7C[C@@H]7C[C@@]516)[C@H]2[C@H]43. The standard InChI is InChI=1S/C16H17N3O2/c1-17-13(20)18-11-8-7-9(8)12(19(18)14(17)21)16-4-6-2-5(6)3-15(11,16)10(7)16/h5-12H,2-4H2,1H3/t5-,6+,7?,8+,9-,10?,11-,12-,15-,16+/m1/s1. The number of hydrogen-bond acceptors (Lipinski definition) is 2. The first-order valence-electron chi connectivity index (χ1n) is 8.54. The fraction of sp³-hybridized carbons (Fsp3) is 0.875. The Morgan fingerprint density at radius 1 is 0.905 bits per heavy atom. The van der Waals surface area contributed by atoms with Crippen LogP contribution in [-0.2, 0) is 7.05 Å². The van der Waals surface area contributed by atoms with E-state index in [0.29, 0.717) is 22.9 Å². The van der Waals surface area contributed by atoms with E-state index in [4.69, 9.17) is 0 Å². The van der Waals surface area contributed by atoms with Gasteiger partial charge in [0.15, 0.2) is 0 Å². The minimum absolute atomic E-state index is 0.0486. The lowest BCUT2D eigenvalue weighted by Gasteiger charge is -2.50. The average Bonchev–Trinajstić information content (AvgIpc) is 3.37. The maximum Gasteiger partial charge on any atom is 0.347 e. The normalized spacial score (nSPS) is 67.5. The van der Waals surface area contributed by atoms with Crippen LogP contribution in [0, 0.1) is 46.3 Å². The molecule has 1 aromatic rings. The highest BCUT2D eigenvalue weighted by Gasteiger charge is 3.04. The third kappa shape index (κ3) is 0.573. The van der Waals surface area contributed by atoms with Crippen LogP contribution in [0.3, 0.4) is 0 Å². The molecule has 5 nitrogen and oxygen atoms in total. The predicted molar refractivity (Wildman–Crippen MR) is 71.7 cm³/mol. The van der Waals surface area contributed by atoms with Gasteiger partial charge in [0.25, 0.3) is 0 Å². The zero-order chi connectivity index (χ0) is 13.6. The highest BCUT2D eigenvalue weighted by atomic mass is 16.2. The highest BCUT2D eigenvalue weighted by Crippen LogP contribution is 3.06. The van der Waals surface area contributed by atoms with Crippen molar-refractivity contribution < 1.29 is 0 Å². The molecule has 2 bridgehead atoms. The van der Waals surface area contributed by atoms with Crippen LogP contribution in [0.25, 0.3) is 0 Å². The van der Waals surface area contributed by atoms with E-state index in [-0.39, 0.29) is 11.4 Å². The van der Waals surface area contributed by atoms with Crippen molar-refractivity contribution in [3.8, 4) is 0 Å². The Balaban J connectivity index is 1.55. The molecule has 9 rings (SSSR count). The lowest BCUT2D eigenvalue weighted by molar-refractivity contribution is -0.0268. The van der Waals surface area contributed by atoms with Crippen molar-refractivity contribution in [3.05, 3.63) is 21.0 Å². The molecule has 1 aromatic heterocycles. The highest BCUT2D eigenvalue weighted by molar-refractivity contribution is 5.50. The molecular weight excluding hydrogens is 266 g/mol. The maximum absolute atomic E-state index is 12.6. The van der Waals surface area contributed by atoms with Gasteiger partial charge in [0.2, 0.25) is 0 Å². The molecule has 6 saturated carbocycles. The Morgan fingerprint density at radius 2 is 1.43 bits per heavy atom. The van der Waals surface area contributed by atoms with Gasteiger partial charge in [0.05, 0.1) is 12.1 Å². The molecule has 0 aromatic carbocycles. The van der Waals surface area contributed by atoms with Crippen molar-refractivity contribution in [2.24, 2.45) is 53.4 Å². The second kappa shape index (κ2) is 2.12. The van der Waals surface area contributed by atoms with Gasteiger partial charge in [0.1, 0.15) is 0 Å². The van der Waals surface area contributed by atoms with Crippen LogP contribution >= 0.6 is 0 Å². The molecule has 0 radical (unpaired) electrons. The van der Waals surface area contributed by atoms with Gasteiger partial charge in [-0.25, -0.2) is 23.5 Å². The van der Waals surface area contributed by atoms with Gasteiger partial charge >= 0.3 is 11.4 Å². The lowest BCUT2D eigenvalue weighted by Crippen LogP contribution is -2.53. The van der Waals surface area contributed by atoms with Crippen LogP contribution in [-0.4, -0.2) is 13.9 Å². The van der Waals surface area contributed by atoms with Crippen LogP contribution < -0.4 is 11.4 Å². The molecule has 0 N–H and O–H groups in total. The molecule has 108 valence electrons. The van der Waals surface area contributed by atoms with Crippen LogP contribution in [0.4, 0.5) is 0 Å². The number of rotatable bonds is 0. The predicted octanol–water partition coefficient (Wildman–Crippen LogP) is 0.366.